The van der Waals surface area contributed by atoms with Crippen LogP contribution in [-0.4, -0.2) is 11.5 Å². The minimum atomic E-state index is -0.529. The second-order valence-electron chi connectivity index (χ2n) is 2.39. The fraction of sp³-hybridized carbons (Fsp3) is 0. The fourth-order valence-corrected chi connectivity index (χ4v) is 1.05. The Kier molecular flexibility index (Phi) is 1.63. The van der Waals surface area contributed by atoms with Crippen molar-refractivity contribution < 1.29 is 13.9 Å². The number of aromatic amines is 1. The van der Waals surface area contributed by atoms with Crippen molar-refractivity contribution in [3.8, 4) is 5.75 Å². The Morgan fingerprint density at radius 3 is 3.08 bits per heavy atom. The van der Waals surface area contributed by atoms with E-state index in [0.717, 1.165) is 0 Å². The second-order valence-corrected chi connectivity index (χ2v) is 2.39. The average molecular weight is 179 g/mol. The molecule has 0 aliphatic rings. The van der Waals surface area contributed by atoms with Crippen molar-refractivity contribution in [1.29, 1.82) is 0 Å². The van der Waals surface area contributed by atoms with Crippen molar-refractivity contribution in [2.75, 3.05) is 0 Å². The molecule has 0 atom stereocenters. The SMILES string of the molecule is O=COc1ccc2[nH]c(=O)oc2c1. The highest BCUT2D eigenvalue weighted by Gasteiger charge is 2.01. The summed E-state index contributed by atoms with van der Waals surface area (Å²) < 4.78 is 9.31. The third-order valence-electron chi connectivity index (χ3n) is 1.58. The van der Waals surface area contributed by atoms with E-state index in [2.05, 4.69) is 9.72 Å². The Hall–Kier alpha value is -2.04. The van der Waals surface area contributed by atoms with Crippen LogP contribution in [-0.2, 0) is 4.79 Å². The molecule has 66 valence electrons. The fourth-order valence-electron chi connectivity index (χ4n) is 1.05. The summed E-state index contributed by atoms with van der Waals surface area (Å²) in [5.41, 5.74) is 0.938. The van der Waals surface area contributed by atoms with Crippen molar-refractivity contribution >= 4 is 17.6 Å². The van der Waals surface area contributed by atoms with E-state index < -0.39 is 5.76 Å². The lowest BCUT2D eigenvalue weighted by Crippen LogP contribution is -1.92. The van der Waals surface area contributed by atoms with Gasteiger partial charge < -0.3 is 9.15 Å². The lowest BCUT2D eigenvalue weighted by atomic mass is 10.3. The smallest absolute Gasteiger partial charge is 0.417 e. The molecule has 1 heterocycles. The standard InChI is InChI=1S/C8H5NO4/c10-4-12-5-1-2-6-7(3-5)13-8(11)9-6/h1-4H,(H,9,11). The lowest BCUT2D eigenvalue weighted by Gasteiger charge is -1.94. The number of nitrogens with one attached hydrogen (secondary N) is 1. The zero-order valence-electron chi connectivity index (χ0n) is 6.44. The molecular formula is C8H5NO4. The number of oxazole rings is 1. The van der Waals surface area contributed by atoms with Gasteiger partial charge >= 0.3 is 5.76 Å². The van der Waals surface area contributed by atoms with E-state index in [0.29, 0.717) is 23.3 Å². The van der Waals surface area contributed by atoms with Crippen LogP contribution in [0.15, 0.2) is 27.4 Å². The molecule has 0 fully saturated rings. The van der Waals surface area contributed by atoms with Crippen molar-refractivity contribution in [1.82, 2.24) is 4.98 Å². The first kappa shape index (κ1) is 7.60. The first-order valence-corrected chi connectivity index (χ1v) is 3.53. The van der Waals surface area contributed by atoms with E-state index in [9.17, 15) is 9.59 Å². The summed E-state index contributed by atoms with van der Waals surface area (Å²) in [5.74, 6) is -0.191. The number of hydrogen-bond donors (Lipinski definition) is 1. The molecule has 1 aromatic heterocycles. The van der Waals surface area contributed by atoms with Gasteiger partial charge in [0.25, 0.3) is 6.47 Å². The molecule has 0 radical (unpaired) electrons. The van der Waals surface area contributed by atoms with Gasteiger partial charge in [-0.3, -0.25) is 9.78 Å². The molecule has 0 spiro atoms. The molecule has 2 aromatic rings. The van der Waals surface area contributed by atoms with Crippen LogP contribution in [0.5, 0.6) is 5.75 Å². The molecule has 5 nitrogen and oxygen atoms in total. The molecule has 0 amide bonds. The summed E-state index contributed by atoms with van der Waals surface area (Å²) in [7, 11) is 0. The first-order chi connectivity index (χ1) is 6.29. The molecule has 13 heavy (non-hydrogen) atoms. The number of rotatable bonds is 2. The molecule has 0 aliphatic heterocycles. The van der Waals surface area contributed by atoms with Crippen LogP contribution < -0.4 is 10.5 Å². The van der Waals surface area contributed by atoms with Gasteiger partial charge in [0.2, 0.25) is 0 Å². The number of benzene rings is 1. The van der Waals surface area contributed by atoms with Crippen molar-refractivity contribution in [3.05, 3.63) is 28.7 Å². The van der Waals surface area contributed by atoms with E-state index in [4.69, 9.17) is 4.42 Å². The van der Waals surface area contributed by atoms with Crippen LogP contribution in [0.4, 0.5) is 0 Å². The third kappa shape index (κ3) is 1.31. The van der Waals surface area contributed by atoms with Crippen LogP contribution in [0.3, 0.4) is 0 Å². The van der Waals surface area contributed by atoms with Gasteiger partial charge in [-0.25, -0.2) is 4.79 Å². The minimum absolute atomic E-state index is 0.311. The van der Waals surface area contributed by atoms with Gasteiger partial charge in [-0.2, -0.15) is 0 Å². The number of aromatic nitrogens is 1. The Bertz CT molecular complexity index is 496. The number of ether oxygens (including phenoxy) is 1. The molecule has 0 aliphatic carbocycles. The predicted molar refractivity (Wildman–Crippen MR) is 43.5 cm³/mol. The average Bonchev–Trinajstić information content (AvgIpc) is 2.44. The van der Waals surface area contributed by atoms with Crippen LogP contribution in [0.1, 0.15) is 0 Å². The van der Waals surface area contributed by atoms with Gasteiger partial charge in [0.1, 0.15) is 5.75 Å². The Balaban J connectivity index is 2.60. The van der Waals surface area contributed by atoms with Crippen molar-refractivity contribution in [2.24, 2.45) is 0 Å². The minimum Gasteiger partial charge on any atom is -0.429 e. The van der Waals surface area contributed by atoms with Gasteiger partial charge in [-0.15, -0.1) is 0 Å². The number of H-pyrrole nitrogens is 1. The maximum Gasteiger partial charge on any atom is 0.417 e. The topological polar surface area (TPSA) is 72.3 Å². The number of hydrogen-bond acceptors (Lipinski definition) is 4. The zero-order valence-corrected chi connectivity index (χ0v) is 6.44. The van der Waals surface area contributed by atoms with Crippen molar-refractivity contribution in [2.45, 2.75) is 0 Å². The van der Waals surface area contributed by atoms with Crippen LogP contribution in [0.2, 0.25) is 0 Å². The second kappa shape index (κ2) is 2.78. The van der Waals surface area contributed by atoms with Crippen molar-refractivity contribution in [3.63, 3.8) is 0 Å². The van der Waals surface area contributed by atoms with Gasteiger partial charge in [0, 0.05) is 6.07 Å². The van der Waals surface area contributed by atoms with E-state index in [1.807, 2.05) is 0 Å². The molecule has 1 aromatic carbocycles. The summed E-state index contributed by atoms with van der Waals surface area (Å²) in [6, 6.07) is 4.61. The third-order valence-corrected chi connectivity index (χ3v) is 1.58. The van der Waals surface area contributed by atoms with Gasteiger partial charge in [0.15, 0.2) is 5.58 Å². The maximum absolute atomic E-state index is 10.7. The predicted octanol–water partition coefficient (Wildman–Crippen LogP) is 0.656. The largest absolute Gasteiger partial charge is 0.429 e. The molecular weight excluding hydrogens is 174 g/mol. The van der Waals surface area contributed by atoms with Crippen LogP contribution in [0.25, 0.3) is 11.1 Å². The highest BCUT2D eigenvalue weighted by Crippen LogP contribution is 2.17. The van der Waals surface area contributed by atoms with E-state index in [1.165, 1.54) is 6.07 Å². The summed E-state index contributed by atoms with van der Waals surface area (Å²) in [6.07, 6.45) is 0. The molecule has 5 heteroatoms. The van der Waals surface area contributed by atoms with Crippen LogP contribution in [0, 0.1) is 0 Å². The normalized spacial score (nSPS) is 10.2. The first-order valence-electron chi connectivity index (χ1n) is 3.53. The highest BCUT2D eigenvalue weighted by molar-refractivity contribution is 5.74. The molecule has 0 bridgehead atoms. The maximum atomic E-state index is 10.7. The molecule has 0 saturated carbocycles. The Morgan fingerprint density at radius 2 is 2.31 bits per heavy atom. The van der Waals surface area contributed by atoms with Gasteiger partial charge in [-0.05, 0) is 12.1 Å². The number of carbonyl (C=O) groups is 1. The monoisotopic (exact) mass is 179 g/mol. The Labute approximate surface area is 71.9 Å². The number of carbonyl (C=O) groups excluding carboxylic acids is 1. The van der Waals surface area contributed by atoms with E-state index in [-0.39, 0.29) is 0 Å². The summed E-state index contributed by atoms with van der Waals surface area (Å²) in [5, 5.41) is 0. The summed E-state index contributed by atoms with van der Waals surface area (Å²) in [6.45, 7) is 0.311. The van der Waals surface area contributed by atoms with Gasteiger partial charge in [-0.1, -0.05) is 0 Å². The lowest BCUT2D eigenvalue weighted by molar-refractivity contribution is -0.120. The molecule has 0 unspecified atom stereocenters. The molecule has 2 rings (SSSR count). The highest BCUT2D eigenvalue weighted by atomic mass is 16.5. The van der Waals surface area contributed by atoms with E-state index >= 15 is 0 Å². The molecule has 1 N–H and O–H groups in total. The summed E-state index contributed by atoms with van der Waals surface area (Å²) in [4.78, 5) is 23.2. The van der Waals surface area contributed by atoms with Gasteiger partial charge in [0.05, 0.1) is 5.52 Å². The summed E-state index contributed by atoms with van der Waals surface area (Å²) >= 11 is 0. The molecule has 0 saturated heterocycles. The quantitative estimate of drug-likeness (QED) is 0.687. The Morgan fingerprint density at radius 1 is 1.46 bits per heavy atom. The van der Waals surface area contributed by atoms with Crippen LogP contribution >= 0.6 is 0 Å². The number of fused-ring (bicyclic) bond motifs is 1. The zero-order chi connectivity index (χ0) is 9.26. The van der Waals surface area contributed by atoms with E-state index in [1.54, 1.807) is 12.1 Å².